The first-order chi connectivity index (χ1) is 7.25. The quantitative estimate of drug-likeness (QED) is 0.859. The fraction of sp³-hybridized carbons (Fsp3) is 0.364. The summed E-state index contributed by atoms with van der Waals surface area (Å²) in [5.41, 5.74) is 2.22. The first-order valence-corrected chi connectivity index (χ1v) is 6.96. The molecule has 0 spiro atoms. The van der Waals surface area contributed by atoms with E-state index in [0.717, 1.165) is 5.69 Å². The third-order valence-electron chi connectivity index (χ3n) is 2.13. The van der Waals surface area contributed by atoms with Gasteiger partial charge in [0.2, 0.25) is 5.91 Å². The predicted molar refractivity (Wildman–Crippen MR) is 68.4 cm³/mol. The highest BCUT2D eigenvalue weighted by Gasteiger charge is 2.17. The standard InChI is InChI=1S/C11H13NOS2/c1-8(13)12-10-4-2-9(3-5-10)11-14-6-7-15-11/h2-5,11H,6-7H2,1H3,(H,12,13). The SMILES string of the molecule is CC(=O)Nc1ccc(C2SCCS2)cc1. The van der Waals surface area contributed by atoms with Gasteiger partial charge in [-0.2, -0.15) is 0 Å². The van der Waals surface area contributed by atoms with Crippen LogP contribution in [0.2, 0.25) is 0 Å². The molecule has 0 aromatic heterocycles. The van der Waals surface area contributed by atoms with Gasteiger partial charge in [0, 0.05) is 24.1 Å². The molecule has 1 aliphatic heterocycles. The molecule has 2 nitrogen and oxygen atoms in total. The highest BCUT2D eigenvalue weighted by atomic mass is 32.2. The molecule has 0 bridgehead atoms. The van der Waals surface area contributed by atoms with Crippen molar-refractivity contribution in [2.45, 2.75) is 11.5 Å². The smallest absolute Gasteiger partial charge is 0.221 e. The molecule has 4 heteroatoms. The maximum atomic E-state index is 10.8. The topological polar surface area (TPSA) is 29.1 Å². The highest BCUT2D eigenvalue weighted by molar-refractivity contribution is 8.19. The van der Waals surface area contributed by atoms with E-state index in [1.54, 1.807) is 0 Å². The van der Waals surface area contributed by atoms with Crippen LogP contribution in [0.15, 0.2) is 24.3 Å². The van der Waals surface area contributed by atoms with Gasteiger partial charge < -0.3 is 5.32 Å². The fourth-order valence-electron chi connectivity index (χ4n) is 1.48. The molecule has 0 atom stereocenters. The average molecular weight is 239 g/mol. The molecule has 1 N–H and O–H groups in total. The number of amides is 1. The number of nitrogens with one attached hydrogen (secondary N) is 1. The third-order valence-corrected chi connectivity index (χ3v) is 5.23. The molecule has 1 aliphatic rings. The normalized spacial score (nSPS) is 16.6. The summed E-state index contributed by atoms with van der Waals surface area (Å²) in [7, 11) is 0. The fourth-order valence-corrected chi connectivity index (χ4v) is 4.34. The summed E-state index contributed by atoms with van der Waals surface area (Å²) >= 11 is 3.98. The van der Waals surface area contributed by atoms with Gasteiger partial charge in [0.05, 0.1) is 4.58 Å². The summed E-state index contributed by atoms with van der Waals surface area (Å²) in [6.07, 6.45) is 0. The maximum Gasteiger partial charge on any atom is 0.221 e. The van der Waals surface area contributed by atoms with E-state index in [-0.39, 0.29) is 5.91 Å². The Morgan fingerprint density at radius 2 is 1.87 bits per heavy atom. The predicted octanol–water partition coefficient (Wildman–Crippen LogP) is 3.12. The van der Waals surface area contributed by atoms with Gasteiger partial charge in [-0.3, -0.25) is 4.79 Å². The maximum absolute atomic E-state index is 10.8. The van der Waals surface area contributed by atoms with Gasteiger partial charge in [0.1, 0.15) is 0 Å². The van der Waals surface area contributed by atoms with Crippen LogP contribution in [0.1, 0.15) is 17.1 Å². The molecule has 1 amide bonds. The highest BCUT2D eigenvalue weighted by Crippen LogP contribution is 2.45. The molecule has 1 aromatic rings. The average Bonchev–Trinajstić information content (AvgIpc) is 2.71. The van der Waals surface area contributed by atoms with Crippen LogP contribution in [0.3, 0.4) is 0 Å². The number of carbonyl (C=O) groups excluding carboxylic acids is 1. The van der Waals surface area contributed by atoms with Crippen LogP contribution in [-0.2, 0) is 4.79 Å². The van der Waals surface area contributed by atoms with Gasteiger partial charge in [-0.25, -0.2) is 0 Å². The van der Waals surface area contributed by atoms with Gasteiger partial charge in [0.25, 0.3) is 0 Å². The van der Waals surface area contributed by atoms with E-state index in [0.29, 0.717) is 4.58 Å². The molecule has 0 unspecified atom stereocenters. The Morgan fingerprint density at radius 1 is 1.27 bits per heavy atom. The Balaban J connectivity index is 2.06. The summed E-state index contributed by atoms with van der Waals surface area (Å²) in [6, 6.07) is 8.13. The van der Waals surface area contributed by atoms with E-state index in [9.17, 15) is 4.79 Å². The minimum Gasteiger partial charge on any atom is -0.326 e. The first kappa shape index (κ1) is 10.9. The van der Waals surface area contributed by atoms with Gasteiger partial charge >= 0.3 is 0 Å². The van der Waals surface area contributed by atoms with Crippen LogP contribution in [0.4, 0.5) is 5.69 Å². The molecule has 1 aromatic carbocycles. The molecular formula is C11H13NOS2. The van der Waals surface area contributed by atoms with E-state index in [1.807, 2.05) is 35.7 Å². The molecule has 80 valence electrons. The van der Waals surface area contributed by atoms with E-state index in [1.165, 1.54) is 24.0 Å². The van der Waals surface area contributed by atoms with Gasteiger partial charge in [0.15, 0.2) is 0 Å². The Labute approximate surface area is 98.2 Å². The summed E-state index contributed by atoms with van der Waals surface area (Å²) in [5.74, 6) is 2.46. The van der Waals surface area contributed by atoms with Gasteiger partial charge in [-0.1, -0.05) is 12.1 Å². The van der Waals surface area contributed by atoms with Crippen molar-refractivity contribution in [2.75, 3.05) is 16.8 Å². The summed E-state index contributed by atoms with van der Waals surface area (Å²) in [5, 5.41) is 2.77. The van der Waals surface area contributed by atoms with Crippen LogP contribution >= 0.6 is 23.5 Å². The lowest BCUT2D eigenvalue weighted by molar-refractivity contribution is -0.114. The van der Waals surface area contributed by atoms with E-state index >= 15 is 0 Å². The molecule has 1 saturated heterocycles. The second-order valence-electron chi connectivity index (χ2n) is 3.38. The Kier molecular flexibility index (Phi) is 3.59. The lowest BCUT2D eigenvalue weighted by Crippen LogP contribution is -2.05. The largest absolute Gasteiger partial charge is 0.326 e. The van der Waals surface area contributed by atoms with E-state index < -0.39 is 0 Å². The summed E-state index contributed by atoms with van der Waals surface area (Å²) in [4.78, 5) is 10.8. The Bertz CT molecular complexity index is 344. The molecular weight excluding hydrogens is 226 g/mol. The van der Waals surface area contributed by atoms with Crippen molar-refractivity contribution in [2.24, 2.45) is 0 Å². The minimum atomic E-state index is -0.0210. The summed E-state index contributed by atoms with van der Waals surface area (Å²) in [6.45, 7) is 1.52. The number of hydrogen-bond acceptors (Lipinski definition) is 3. The second kappa shape index (κ2) is 4.94. The van der Waals surface area contributed by atoms with Crippen LogP contribution < -0.4 is 5.32 Å². The monoisotopic (exact) mass is 239 g/mol. The van der Waals surface area contributed by atoms with Crippen molar-refractivity contribution < 1.29 is 4.79 Å². The van der Waals surface area contributed by atoms with Crippen molar-refractivity contribution in [3.8, 4) is 0 Å². The van der Waals surface area contributed by atoms with E-state index in [2.05, 4.69) is 17.4 Å². The second-order valence-corrected chi connectivity index (χ2v) is 6.10. The van der Waals surface area contributed by atoms with Crippen LogP contribution in [0, 0.1) is 0 Å². The zero-order chi connectivity index (χ0) is 10.7. The Morgan fingerprint density at radius 3 is 2.40 bits per heavy atom. The molecule has 0 aliphatic carbocycles. The van der Waals surface area contributed by atoms with Gasteiger partial charge in [-0.15, -0.1) is 23.5 Å². The van der Waals surface area contributed by atoms with Crippen molar-refractivity contribution >= 4 is 35.1 Å². The lowest BCUT2D eigenvalue weighted by Gasteiger charge is -2.09. The number of anilines is 1. The van der Waals surface area contributed by atoms with Crippen LogP contribution in [0.25, 0.3) is 0 Å². The number of thioether (sulfide) groups is 2. The Hall–Kier alpha value is -0.610. The van der Waals surface area contributed by atoms with Crippen LogP contribution in [0.5, 0.6) is 0 Å². The lowest BCUT2D eigenvalue weighted by atomic mass is 10.2. The molecule has 1 fully saturated rings. The zero-order valence-corrected chi connectivity index (χ0v) is 10.2. The number of carbonyl (C=O) groups is 1. The van der Waals surface area contributed by atoms with Crippen LogP contribution in [-0.4, -0.2) is 17.4 Å². The van der Waals surface area contributed by atoms with Crippen molar-refractivity contribution in [3.63, 3.8) is 0 Å². The third kappa shape index (κ3) is 2.92. The molecule has 15 heavy (non-hydrogen) atoms. The number of hydrogen-bond donors (Lipinski definition) is 1. The molecule has 2 rings (SSSR count). The molecule has 0 saturated carbocycles. The molecule has 0 radical (unpaired) electrons. The molecule has 1 heterocycles. The van der Waals surface area contributed by atoms with Crippen molar-refractivity contribution in [3.05, 3.63) is 29.8 Å². The number of rotatable bonds is 2. The summed E-state index contributed by atoms with van der Waals surface area (Å²) < 4.78 is 0.580. The first-order valence-electron chi connectivity index (χ1n) is 4.86. The minimum absolute atomic E-state index is 0.0210. The zero-order valence-electron chi connectivity index (χ0n) is 8.53. The van der Waals surface area contributed by atoms with E-state index in [4.69, 9.17) is 0 Å². The van der Waals surface area contributed by atoms with Gasteiger partial charge in [-0.05, 0) is 17.7 Å². The number of benzene rings is 1. The van der Waals surface area contributed by atoms with Crippen molar-refractivity contribution in [1.82, 2.24) is 0 Å². The van der Waals surface area contributed by atoms with Crippen molar-refractivity contribution in [1.29, 1.82) is 0 Å².